The van der Waals surface area contributed by atoms with Crippen molar-refractivity contribution in [2.24, 2.45) is 5.92 Å². The van der Waals surface area contributed by atoms with Crippen LogP contribution in [0.1, 0.15) is 19.3 Å². The Balaban J connectivity index is 2.69. The third kappa shape index (κ3) is 3.05. The van der Waals surface area contributed by atoms with Crippen molar-refractivity contribution in [3.63, 3.8) is 0 Å². The maximum absolute atomic E-state index is 10.4. The zero-order valence-electron chi connectivity index (χ0n) is 7.64. The second-order valence-electron chi connectivity index (χ2n) is 3.25. The summed E-state index contributed by atoms with van der Waals surface area (Å²) in [6.07, 6.45) is 6.33. The van der Waals surface area contributed by atoms with Crippen LogP contribution in [0.4, 0.5) is 0 Å². The maximum Gasteiger partial charge on any atom is 0.328 e. The number of carboxylic acids is 2. The molecule has 0 aliphatic heterocycles. The van der Waals surface area contributed by atoms with Crippen molar-refractivity contribution in [2.75, 3.05) is 0 Å². The van der Waals surface area contributed by atoms with Crippen LogP contribution < -0.4 is 0 Å². The molecule has 14 heavy (non-hydrogen) atoms. The lowest BCUT2D eigenvalue weighted by Crippen LogP contribution is -1.98. The Morgan fingerprint density at radius 1 is 1.29 bits per heavy atom. The van der Waals surface area contributed by atoms with Gasteiger partial charge in [0.25, 0.3) is 0 Å². The van der Waals surface area contributed by atoms with Crippen molar-refractivity contribution in [3.05, 3.63) is 23.8 Å². The van der Waals surface area contributed by atoms with E-state index in [1.54, 1.807) is 6.08 Å². The highest BCUT2D eigenvalue weighted by atomic mass is 16.4. The number of hydrogen-bond acceptors (Lipinski definition) is 2. The van der Waals surface area contributed by atoms with Gasteiger partial charge in [0.1, 0.15) is 0 Å². The van der Waals surface area contributed by atoms with E-state index >= 15 is 0 Å². The van der Waals surface area contributed by atoms with Gasteiger partial charge in [-0.25, -0.2) is 9.59 Å². The molecule has 1 saturated carbocycles. The lowest BCUT2D eigenvalue weighted by Gasteiger charge is -2.03. The Morgan fingerprint density at radius 2 is 2.00 bits per heavy atom. The monoisotopic (exact) mass is 196 g/mol. The maximum atomic E-state index is 10.4. The van der Waals surface area contributed by atoms with Crippen LogP contribution in [0.5, 0.6) is 0 Å². The summed E-state index contributed by atoms with van der Waals surface area (Å²) in [6.45, 7) is 0. The third-order valence-electron chi connectivity index (χ3n) is 2.24. The Hall–Kier alpha value is -1.58. The van der Waals surface area contributed by atoms with Crippen molar-refractivity contribution in [3.8, 4) is 0 Å². The molecule has 0 bridgehead atoms. The molecule has 1 unspecified atom stereocenters. The van der Waals surface area contributed by atoms with Gasteiger partial charge in [0, 0.05) is 12.2 Å². The Bertz CT molecular complexity index is 301. The van der Waals surface area contributed by atoms with Crippen molar-refractivity contribution in [1.82, 2.24) is 0 Å². The fraction of sp³-hybridized carbons (Fsp3) is 0.400. The highest BCUT2D eigenvalue weighted by Crippen LogP contribution is 2.31. The SMILES string of the molecule is O=C(O)C=CC1CCCC1=CC(=O)O. The van der Waals surface area contributed by atoms with Crippen LogP contribution in [0.15, 0.2) is 23.8 Å². The largest absolute Gasteiger partial charge is 0.478 e. The molecule has 0 spiro atoms. The number of rotatable bonds is 3. The molecule has 0 aromatic carbocycles. The summed E-state index contributed by atoms with van der Waals surface area (Å²) in [5.74, 6) is -1.97. The molecule has 0 saturated heterocycles. The van der Waals surface area contributed by atoms with Gasteiger partial charge in [-0.3, -0.25) is 0 Å². The van der Waals surface area contributed by atoms with Gasteiger partial charge in [-0.1, -0.05) is 11.6 Å². The van der Waals surface area contributed by atoms with Gasteiger partial charge in [0.2, 0.25) is 0 Å². The molecule has 1 aliphatic rings. The van der Waals surface area contributed by atoms with Crippen LogP contribution in [-0.4, -0.2) is 22.2 Å². The summed E-state index contributed by atoms with van der Waals surface area (Å²) in [4.78, 5) is 20.7. The molecule has 0 aromatic heterocycles. The summed E-state index contributed by atoms with van der Waals surface area (Å²) >= 11 is 0. The summed E-state index contributed by atoms with van der Waals surface area (Å²) in [6, 6.07) is 0. The van der Waals surface area contributed by atoms with E-state index in [-0.39, 0.29) is 5.92 Å². The molecular weight excluding hydrogens is 184 g/mol. The topological polar surface area (TPSA) is 74.6 Å². The van der Waals surface area contributed by atoms with E-state index in [4.69, 9.17) is 10.2 Å². The van der Waals surface area contributed by atoms with Gasteiger partial charge in [-0.15, -0.1) is 0 Å². The van der Waals surface area contributed by atoms with Crippen LogP contribution >= 0.6 is 0 Å². The molecule has 4 nitrogen and oxygen atoms in total. The minimum atomic E-state index is -0.994. The van der Waals surface area contributed by atoms with Gasteiger partial charge < -0.3 is 10.2 Å². The molecule has 0 amide bonds. The highest BCUT2D eigenvalue weighted by Gasteiger charge is 2.19. The highest BCUT2D eigenvalue weighted by molar-refractivity contribution is 5.81. The summed E-state index contributed by atoms with van der Waals surface area (Å²) in [5.41, 5.74) is 0.815. The number of aliphatic carboxylic acids is 2. The molecule has 76 valence electrons. The molecule has 0 aromatic rings. The Morgan fingerprint density at radius 3 is 2.57 bits per heavy atom. The van der Waals surface area contributed by atoms with Crippen LogP contribution in [0.3, 0.4) is 0 Å². The van der Waals surface area contributed by atoms with E-state index in [2.05, 4.69) is 0 Å². The smallest absolute Gasteiger partial charge is 0.328 e. The predicted octanol–water partition coefficient (Wildman–Crippen LogP) is 1.44. The summed E-state index contributed by atoms with van der Waals surface area (Å²) in [5, 5.41) is 17.0. The average Bonchev–Trinajstić information content (AvgIpc) is 2.47. The van der Waals surface area contributed by atoms with Crippen molar-refractivity contribution in [1.29, 1.82) is 0 Å². The molecule has 1 aliphatic carbocycles. The quantitative estimate of drug-likeness (QED) is 0.670. The Kier molecular flexibility index (Phi) is 3.45. The fourth-order valence-electron chi connectivity index (χ4n) is 1.65. The van der Waals surface area contributed by atoms with E-state index in [1.807, 2.05) is 0 Å². The van der Waals surface area contributed by atoms with Crippen molar-refractivity contribution < 1.29 is 19.8 Å². The molecule has 1 rings (SSSR count). The van der Waals surface area contributed by atoms with Crippen LogP contribution in [0, 0.1) is 5.92 Å². The minimum absolute atomic E-state index is 0.0119. The zero-order chi connectivity index (χ0) is 10.6. The molecule has 0 radical (unpaired) electrons. The lowest BCUT2D eigenvalue weighted by atomic mass is 10.0. The van der Waals surface area contributed by atoms with E-state index in [0.29, 0.717) is 0 Å². The molecular formula is C10H12O4. The lowest BCUT2D eigenvalue weighted by molar-refractivity contribution is -0.132. The average molecular weight is 196 g/mol. The van der Waals surface area contributed by atoms with Gasteiger partial charge in [0.15, 0.2) is 0 Å². The zero-order valence-corrected chi connectivity index (χ0v) is 7.64. The number of allylic oxidation sites excluding steroid dienone is 2. The molecule has 1 atom stereocenters. The number of hydrogen-bond donors (Lipinski definition) is 2. The van der Waals surface area contributed by atoms with Crippen LogP contribution in [0.25, 0.3) is 0 Å². The molecule has 2 N–H and O–H groups in total. The normalized spacial score (nSPS) is 24.6. The summed E-state index contributed by atoms with van der Waals surface area (Å²) < 4.78 is 0. The molecule has 0 heterocycles. The second kappa shape index (κ2) is 4.60. The van der Waals surface area contributed by atoms with E-state index in [9.17, 15) is 9.59 Å². The predicted molar refractivity (Wildman–Crippen MR) is 49.8 cm³/mol. The first-order valence-corrected chi connectivity index (χ1v) is 4.44. The third-order valence-corrected chi connectivity index (χ3v) is 2.24. The van der Waals surface area contributed by atoms with Crippen LogP contribution in [-0.2, 0) is 9.59 Å². The van der Waals surface area contributed by atoms with Crippen molar-refractivity contribution >= 4 is 11.9 Å². The van der Waals surface area contributed by atoms with Crippen molar-refractivity contribution in [2.45, 2.75) is 19.3 Å². The standard InChI is InChI=1S/C10H12O4/c11-9(12)5-4-7-2-1-3-8(7)6-10(13)14/h4-7H,1-3H2,(H,11,12)(H,13,14). The summed E-state index contributed by atoms with van der Waals surface area (Å²) in [7, 11) is 0. The first-order valence-electron chi connectivity index (χ1n) is 4.44. The second-order valence-corrected chi connectivity index (χ2v) is 3.25. The molecule has 4 heteroatoms. The van der Waals surface area contributed by atoms with Gasteiger partial charge in [-0.2, -0.15) is 0 Å². The minimum Gasteiger partial charge on any atom is -0.478 e. The molecule has 1 fully saturated rings. The number of carboxylic acid groups (broad SMARTS) is 2. The Labute approximate surface area is 81.6 Å². The van der Waals surface area contributed by atoms with Crippen LogP contribution in [0.2, 0.25) is 0 Å². The van der Waals surface area contributed by atoms with Gasteiger partial charge in [-0.05, 0) is 25.2 Å². The van der Waals surface area contributed by atoms with Gasteiger partial charge >= 0.3 is 11.9 Å². The first-order chi connectivity index (χ1) is 6.59. The fourth-order valence-corrected chi connectivity index (χ4v) is 1.65. The van der Waals surface area contributed by atoms with E-state index < -0.39 is 11.9 Å². The number of carbonyl (C=O) groups is 2. The van der Waals surface area contributed by atoms with E-state index in [1.165, 1.54) is 6.08 Å². The first kappa shape index (κ1) is 10.5. The van der Waals surface area contributed by atoms with Gasteiger partial charge in [0.05, 0.1) is 0 Å². The van der Waals surface area contributed by atoms with E-state index in [0.717, 1.165) is 30.9 Å².